The number of aromatic nitrogens is 1. The van der Waals surface area contributed by atoms with E-state index in [-0.39, 0.29) is 0 Å². The van der Waals surface area contributed by atoms with Crippen LogP contribution in [0.2, 0.25) is 0 Å². The third-order valence-corrected chi connectivity index (χ3v) is 2.04. The fourth-order valence-electron chi connectivity index (χ4n) is 1.35. The third-order valence-electron chi connectivity index (χ3n) is 2.04. The summed E-state index contributed by atoms with van der Waals surface area (Å²) < 4.78 is 0. The Morgan fingerprint density at radius 3 is 2.17 bits per heavy atom. The minimum Gasteiger partial charge on any atom is -0.350 e. The molecule has 3 nitrogen and oxygen atoms in total. The molecule has 64 valence electrons. The van der Waals surface area contributed by atoms with Gasteiger partial charge in [-0.05, 0) is 24.5 Å². The number of aromatic amines is 1. The Morgan fingerprint density at radius 2 is 1.83 bits per heavy atom. The van der Waals surface area contributed by atoms with Gasteiger partial charge in [-0.2, -0.15) is 0 Å². The van der Waals surface area contributed by atoms with Crippen LogP contribution in [-0.2, 0) is 6.42 Å². The van der Waals surface area contributed by atoms with Gasteiger partial charge < -0.3 is 4.98 Å². The number of rotatable bonds is 3. The quantitative estimate of drug-likeness (QED) is 0.690. The Bertz CT molecular complexity index is 313. The Labute approximate surface area is 70.8 Å². The van der Waals surface area contributed by atoms with Crippen molar-refractivity contribution in [2.75, 3.05) is 0 Å². The molecule has 0 amide bonds. The summed E-state index contributed by atoms with van der Waals surface area (Å²) in [7, 11) is 0. The number of carbonyl (C=O) groups excluding carboxylic acids is 2. The maximum Gasteiger partial charge on any atom is 0.166 e. The number of H-pyrrole nitrogens is 1. The van der Waals surface area contributed by atoms with E-state index in [2.05, 4.69) is 4.98 Å². The van der Waals surface area contributed by atoms with E-state index in [9.17, 15) is 9.59 Å². The molecule has 1 aromatic rings. The SMILES string of the molecule is CCc1c(C=O)[nH]c(C=O)c1C. The van der Waals surface area contributed by atoms with Gasteiger partial charge in [0, 0.05) is 0 Å². The highest BCUT2D eigenvalue weighted by Gasteiger charge is 2.10. The van der Waals surface area contributed by atoms with Crippen molar-refractivity contribution in [3.8, 4) is 0 Å². The molecule has 0 spiro atoms. The Morgan fingerprint density at radius 1 is 1.25 bits per heavy atom. The summed E-state index contributed by atoms with van der Waals surface area (Å²) in [4.78, 5) is 23.8. The van der Waals surface area contributed by atoms with E-state index in [0.29, 0.717) is 11.4 Å². The molecule has 3 heteroatoms. The Balaban J connectivity index is 3.31. The zero-order chi connectivity index (χ0) is 9.14. The van der Waals surface area contributed by atoms with Crippen LogP contribution < -0.4 is 0 Å². The molecule has 0 saturated heterocycles. The lowest BCUT2D eigenvalue weighted by Gasteiger charge is -1.93. The molecular weight excluding hydrogens is 154 g/mol. The summed E-state index contributed by atoms with van der Waals surface area (Å²) >= 11 is 0. The highest BCUT2D eigenvalue weighted by molar-refractivity contribution is 5.83. The summed E-state index contributed by atoms with van der Waals surface area (Å²) in [6, 6.07) is 0. The van der Waals surface area contributed by atoms with E-state index in [1.54, 1.807) is 0 Å². The van der Waals surface area contributed by atoms with Gasteiger partial charge in [-0.1, -0.05) is 6.92 Å². The van der Waals surface area contributed by atoms with Crippen molar-refractivity contribution in [2.45, 2.75) is 20.3 Å². The first kappa shape index (κ1) is 8.71. The second kappa shape index (κ2) is 3.34. The predicted molar refractivity (Wildman–Crippen MR) is 45.7 cm³/mol. The van der Waals surface area contributed by atoms with Crippen LogP contribution in [-0.4, -0.2) is 17.6 Å². The van der Waals surface area contributed by atoms with Crippen LogP contribution in [0.3, 0.4) is 0 Å². The van der Waals surface area contributed by atoms with Gasteiger partial charge in [0.25, 0.3) is 0 Å². The fourth-order valence-corrected chi connectivity index (χ4v) is 1.35. The lowest BCUT2D eigenvalue weighted by Crippen LogP contribution is -1.87. The van der Waals surface area contributed by atoms with E-state index >= 15 is 0 Å². The summed E-state index contributed by atoms with van der Waals surface area (Å²) in [5.41, 5.74) is 2.85. The van der Waals surface area contributed by atoms with Crippen molar-refractivity contribution in [1.29, 1.82) is 0 Å². The van der Waals surface area contributed by atoms with Crippen LogP contribution in [0.5, 0.6) is 0 Å². The summed E-state index contributed by atoms with van der Waals surface area (Å²) in [6.45, 7) is 3.80. The molecule has 1 N–H and O–H groups in total. The zero-order valence-corrected chi connectivity index (χ0v) is 7.18. The van der Waals surface area contributed by atoms with Gasteiger partial charge in [0.15, 0.2) is 12.6 Å². The molecule has 0 radical (unpaired) electrons. The second-order valence-electron chi connectivity index (χ2n) is 2.65. The average molecular weight is 165 g/mol. The molecule has 0 aliphatic heterocycles. The summed E-state index contributed by atoms with van der Waals surface area (Å²) in [5, 5.41) is 0. The van der Waals surface area contributed by atoms with Crippen LogP contribution in [0, 0.1) is 6.92 Å². The molecule has 1 rings (SSSR count). The fraction of sp³-hybridized carbons (Fsp3) is 0.333. The highest BCUT2D eigenvalue weighted by Crippen LogP contribution is 2.15. The molecule has 0 saturated carbocycles. The third kappa shape index (κ3) is 1.18. The molecule has 1 aromatic heterocycles. The topological polar surface area (TPSA) is 49.9 Å². The van der Waals surface area contributed by atoms with Gasteiger partial charge in [0.2, 0.25) is 0 Å². The maximum atomic E-state index is 10.5. The van der Waals surface area contributed by atoms with E-state index in [4.69, 9.17) is 0 Å². The largest absolute Gasteiger partial charge is 0.350 e. The van der Waals surface area contributed by atoms with Gasteiger partial charge in [0.1, 0.15) is 0 Å². The molecular formula is C9H11NO2. The number of carbonyl (C=O) groups is 2. The van der Waals surface area contributed by atoms with E-state index < -0.39 is 0 Å². The van der Waals surface area contributed by atoms with Crippen molar-refractivity contribution in [3.05, 3.63) is 22.5 Å². The number of hydrogen-bond donors (Lipinski definition) is 1. The molecule has 0 unspecified atom stereocenters. The zero-order valence-electron chi connectivity index (χ0n) is 7.18. The summed E-state index contributed by atoms with van der Waals surface area (Å²) in [6.07, 6.45) is 2.25. The van der Waals surface area contributed by atoms with Crippen LogP contribution in [0.4, 0.5) is 0 Å². The van der Waals surface area contributed by atoms with E-state index in [1.165, 1.54) is 0 Å². The molecule has 0 aliphatic rings. The molecule has 12 heavy (non-hydrogen) atoms. The van der Waals surface area contributed by atoms with E-state index in [1.807, 2.05) is 13.8 Å². The first-order valence-corrected chi connectivity index (χ1v) is 3.86. The van der Waals surface area contributed by atoms with Gasteiger partial charge in [0.05, 0.1) is 11.4 Å². The highest BCUT2D eigenvalue weighted by atomic mass is 16.1. The minimum absolute atomic E-state index is 0.508. The predicted octanol–water partition coefficient (Wildman–Crippen LogP) is 1.51. The van der Waals surface area contributed by atoms with Crippen molar-refractivity contribution in [3.63, 3.8) is 0 Å². The van der Waals surface area contributed by atoms with Crippen molar-refractivity contribution in [1.82, 2.24) is 4.98 Å². The second-order valence-corrected chi connectivity index (χ2v) is 2.65. The lowest BCUT2D eigenvalue weighted by molar-refractivity contribution is 0.111. The minimum atomic E-state index is 0.508. The Kier molecular flexibility index (Phi) is 2.43. The normalized spacial score (nSPS) is 9.83. The van der Waals surface area contributed by atoms with E-state index in [0.717, 1.165) is 30.1 Å². The molecule has 0 atom stereocenters. The van der Waals surface area contributed by atoms with Crippen molar-refractivity contribution in [2.24, 2.45) is 0 Å². The van der Waals surface area contributed by atoms with Gasteiger partial charge in [-0.15, -0.1) is 0 Å². The van der Waals surface area contributed by atoms with Crippen LogP contribution in [0.1, 0.15) is 39.0 Å². The van der Waals surface area contributed by atoms with Crippen LogP contribution in [0.15, 0.2) is 0 Å². The van der Waals surface area contributed by atoms with Crippen molar-refractivity contribution < 1.29 is 9.59 Å². The average Bonchev–Trinajstić information content (AvgIpc) is 2.41. The van der Waals surface area contributed by atoms with Gasteiger partial charge in [-0.3, -0.25) is 9.59 Å². The van der Waals surface area contributed by atoms with Gasteiger partial charge >= 0.3 is 0 Å². The molecule has 0 aromatic carbocycles. The monoisotopic (exact) mass is 165 g/mol. The lowest BCUT2D eigenvalue weighted by atomic mass is 10.1. The first-order valence-electron chi connectivity index (χ1n) is 3.86. The van der Waals surface area contributed by atoms with Crippen LogP contribution >= 0.6 is 0 Å². The van der Waals surface area contributed by atoms with Gasteiger partial charge in [-0.25, -0.2) is 0 Å². The number of nitrogens with one attached hydrogen (secondary N) is 1. The molecule has 0 aliphatic carbocycles. The first-order chi connectivity index (χ1) is 5.74. The number of aldehydes is 2. The van der Waals surface area contributed by atoms with Crippen LogP contribution in [0.25, 0.3) is 0 Å². The maximum absolute atomic E-state index is 10.5. The molecule has 1 heterocycles. The molecule has 0 fully saturated rings. The standard InChI is InChI=1S/C9H11NO2/c1-3-7-6(2)8(4-11)10-9(7)5-12/h4-5,10H,3H2,1-2H3. The Hall–Kier alpha value is -1.38. The smallest absolute Gasteiger partial charge is 0.166 e. The molecule has 0 bridgehead atoms. The summed E-state index contributed by atoms with van der Waals surface area (Å²) in [5.74, 6) is 0. The number of hydrogen-bond acceptors (Lipinski definition) is 2. The van der Waals surface area contributed by atoms with Crippen molar-refractivity contribution >= 4 is 12.6 Å².